The number of hydrogen-bond acceptors (Lipinski definition) is 7. The first-order valence-corrected chi connectivity index (χ1v) is 12.2. The third-order valence-corrected chi connectivity index (χ3v) is 6.22. The Morgan fingerprint density at radius 3 is 2.00 bits per heavy atom. The van der Waals surface area contributed by atoms with Crippen LogP contribution in [-0.4, -0.2) is 87.9 Å². The van der Waals surface area contributed by atoms with Gasteiger partial charge in [-0.25, -0.2) is 0 Å². The largest absolute Gasteiger partial charge is 0.480 e. The molecule has 13 heteroatoms. The Bertz CT molecular complexity index is 991. The van der Waals surface area contributed by atoms with E-state index in [9.17, 15) is 34.0 Å². The minimum atomic E-state index is -1.74. The van der Waals surface area contributed by atoms with Crippen LogP contribution in [0.25, 0.3) is 0 Å². The van der Waals surface area contributed by atoms with Gasteiger partial charge in [0.25, 0.3) is 11.8 Å². The summed E-state index contributed by atoms with van der Waals surface area (Å²) in [7, 11) is -1.74. The van der Waals surface area contributed by atoms with Crippen molar-refractivity contribution in [1.82, 2.24) is 20.9 Å². The van der Waals surface area contributed by atoms with Gasteiger partial charge < -0.3 is 36.0 Å². The Balaban J connectivity index is 2.10. The van der Waals surface area contributed by atoms with Crippen LogP contribution >= 0.6 is 0 Å². The van der Waals surface area contributed by atoms with Gasteiger partial charge in [-0.1, -0.05) is 27.7 Å². The second-order valence-corrected chi connectivity index (χ2v) is 9.73. The van der Waals surface area contributed by atoms with E-state index in [1.54, 1.807) is 27.7 Å². The van der Waals surface area contributed by atoms with Gasteiger partial charge >= 0.3 is 13.1 Å². The van der Waals surface area contributed by atoms with Gasteiger partial charge in [0.15, 0.2) is 0 Å². The molecular weight excluding hydrogens is 483 g/mol. The number of hydrogen-bond donors (Lipinski definition) is 6. The molecule has 1 saturated heterocycles. The van der Waals surface area contributed by atoms with Crippen molar-refractivity contribution in [2.75, 3.05) is 13.1 Å². The molecule has 6 N–H and O–H groups in total. The minimum absolute atomic E-state index is 0.174. The van der Waals surface area contributed by atoms with Crippen molar-refractivity contribution >= 4 is 36.7 Å². The number of carbonyl (C=O) groups is 5. The third kappa shape index (κ3) is 8.02. The second-order valence-electron chi connectivity index (χ2n) is 9.73. The van der Waals surface area contributed by atoms with Crippen molar-refractivity contribution in [1.29, 1.82) is 0 Å². The van der Waals surface area contributed by atoms with Gasteiger partial charge in [0.2, 0.25) is 11.8 Å². The van der Waals surface area contributed by atoms with Crippen LogP contribution < -0.4 is 16.0 Å². The van der Waals surface area contributed by atoms with Crippen LogP contribution in [0.15, 0.2) is 24.3 Å². The molecule has 0 bridgehead atoms. The van der Waals surface area contributed by atoms with E-state index in [1.807, 2.05) is 0 Å². The highest BCUT2D eigenvalue weighted by molar-refractivity contribution is 6.43. The Labute approximate surface area is 215 Å². The van der Waals surface area contributed by atoms with Crippen molar-refractivity contribution in [3.05, 3.63) is 35.4 Å². The van der Waals surface area contributed by atoms with E-state index < -0.39 is 61.3 Å². The van der Waals surface area contributed by atoms with E-state index in [1.165, 1.54) is 29.2 Å². The van der Waals surface area contributed by atoms with E-state index in [2.05, 4.69) is 16.0 Å². The molecule has 12 nitrogen and oxygen atoms in total. The lowest BCUT2D eigenvalue weighted by atomic mass is 9.73. The average Bonchev–Trinajstić information content (AvgIpc) is 3.33. The molecule has 1 aromatic carbocycles. The van der Waals surface area contributed by atoms with E-state index in [4.69, 9.17) is 5.11 Å². The lowest BCUT2D eigenvalue weighted by Crippen LogP contribution is -2.58. The third-order valence-electron chi connectivity index (χ3n) is 6.22. The molecule has 0 saturated carbocycles. The number of aliphatic carboxylic acids is 1. The Kier molecular flexibility index (Phi) is 10.6. The number of carbonyl (C=O) groups excluding carboxylic acids is 4. The smallest absolute Gasteiger partial charge is 0.475 e. The summed E-state index contributed by atoms with van der Waals surface area (Å²) in [6, 6.07) is 3.81. The molecule has 0 aromatic heterocycles. The van der Waals surface area contributed by atoms with Gasteiger partial charge in [0, 0.05) is 17.7 Å². The lowest BCUT2D eigenvalue weighted by molar-refractivity contribution is -0.140. The quantitative estimate of drug-likeness (QED) is 0.210. The standard InChI is InChI=1S/C24H35BN4O8/c1-13(2)19(27-22(33)16-9-7-15(8-10-16)21(32)26-12-18(30)31)24(35)29-11-5-6-17(29)23(34)28-20(14(3)4)25(36)37/h7-10,13-14,17,19-20,36-37H,5-6,11-12H2,1-4H3,(H,26,32)(H,27,33)(H,28,34)(H,30,31)/t17-,19?,20?/m0/s1. The van der Waals surface area contributed by atoms with Crippen LogP contribution in [0.1, 0.15) is 61.3 Å². The first-order chi connectivity index (χ1) is 17.3. The number of likely N-dealkylation sites (tertiary alicyclic amines) is 1. The zero-order chi connectivity index (χ0) is 27.9. The zero-order valence-corrected chi connectivity index (χ0v) is 21.4. The first kappa shape index (κ1) is 29.8. The maximum atomic E-state index is 13.4. The average molecular weight is 518 g/mol. The maximum absolute atomic E-state index is 13.4. The fourth-order valence-electron chi connectivity index (χ4n) is 4.10. The van der Waals surface area contributed by atoms with E-state index in [0.717, 1.165) is 0 Å². The highest BCUT2D eigenvalue weighted by Gasteiger charge is 2.40. The fraction of sp³-hybridized carbons (Fsp3) is 0.542. The number of carboxylic acids is 1. The predicted molar refractivity (Wildman–Crippen MR) is 134 cm³/mol. The van der Waals surface area contributed by atoms with Crippen molar-refractivity contribution in [3.8, 4) is 0 Å². The summed E-state index contributed by atoms with van der Waals surface area (Å²) in [6.07, 6.45) is 0.996. The van der Waals surface area contributed by atoms with Crippen LogP contribution in [-0.2, 0) is 14.4 Å². The molecule has 3 atom stereocenters. The number of rotatable bonds is 11. The van der Waals surface area contributed by atoms with Crippen molar-refractivity contribution in [3.63, 3.8) is 0 Å². The number of nitrogens with one attached hydrogen (secondary N) is 3. The van der Waals surface area contributed by atoms with E-state index >= 15 is 0 Å². The normalized spacial score (nSPS) is 16.8. The number of nitrogens with zero attached hydrogens (tertiary/aromatic N) is 1. The van der Waals surface area contributed by atoms with Gasteiger partial charge in [0.1, 0.15) is 18.6 Å². The summed E-state index contributed by atoms with van der Waals surface area (Å²) in [6.45, 7) is 6.79. The van der Waals surface area contributed by atoms with Crippen LogP contribution in [0, 0.1) is 11.8 Å². The van der Waals surface area contributed by atoms with Gasteiger partial charge in [-0.3, -0.25) is 24.0 Å². The highest BCUT2D eigenvalue weighted by atomic mass is 16.4. The predicted octanol–water partition coefficient (Wildman–Crippen LogP) is -0.601. The van der Waals surface area contributed by atoms with Crippen LogP contribution in [0.5, 0.6) is 0 Å². The molecule has 2 unspecified atom stereocenters. The SMILES string of the molecule is CC(C)C(NC(=O)[C@@H]1CCCN1C(=O)C(NC(=O)c1ccc(C(=O)NCC(=O)O)cc1)C(C)C)B(O)O. The summed E-state index contributed by atoms with van der Waals surface area (Å²) in [5, 5.41) is 35.4. The van der Waals surface area contributed by atoms with Crippen molar-refractivity contribution in [2.24, 2.45) is 11.8 Å². The Hall–Kier alpha value is -3.45. The van der Waals surface area contributed by atoms with E-state index in [0.29, 0.717) is 19.4 Å². The minimum Gasteiger partial charge on any atom is -0.480 e. The summed E-state index contributed by atoms with van der Waals surface area (Å²) >= 11 is 0. The monoisotopic (exact) mass is 518 g/mol. The molecule has 202 valence electrons. The van der Waals surface area contributed by atoms with Crippen LogP contribution in [0.4, 0.5) is 0 Å². The molecule has 1 aliphatic heterocycles. The summed E-state index contributed by atoms with van der Waals surface area (Å²) in [5.74, 6) is -4.67. The van der Waals surface area contributed by atoms with Crippen LogP contribution in [0.2, 0.25) is 0 Å². The maximum Gasteiger partial charge on any atom is 0.475 e. The van der Waals surface area contributed by atoms with Crippen molar-refractivity contribution < 1.29 is 39.1 Å². The Morgan fingerprint density at radius 1 is 0.946 bits per heavy atom. The highest BCUT2D eigenvalue weighted by Crippen LogP contribution is 2.21. The summed E-state index contributed by atoms with van der Waals surface area (Å²) in [5.41, 5.74) is 0.369. The lowest BCUT2D eigenvalue weighted by Gasteiger charge is -2.32. The molecule has 0 radical (unpaired) electrons. The number of benzene rings is 1. The molecule has 1 heterocycles. The fourth-order valence-corrected chi connectivity index (χ4v) is 4.10. The van der Waals surface area contributed by atoms with Crippen LogP contribution in [0.3, 0.4) is 0 Å². The van der Waals surface area contributed by atoms with Gasteiger partial charge in [0.05, 0.1) is 5.94 Å². The van der Waals surface area contributed by atoms with Gasteiger partial charge in [-0.2, -0.15) is 0 Å². The molecule has 4 amide bonds. The zero-order valence-electron chi connectivity index (χ0n) is 21.4. The molecule has 1 aromatic rings. The molecule has 1 fully saturated rings. The molecule has 1 aliphatic rings. The number of amides is 4. The molecular formula is C24H35BN4O8. The molecule has 2 rings (SSSR count). The molecule has 0 aliphatic carbocycles. The van der Waals surface area contributed by atoms with Gasteiger partial charge in [-0.05, 0) is 48.9 Å². The summed E-state index contributed by atoms with van der Waals surface area (Å²) in [4.78, 5) is 63.2. The topological polar surface area (TPSA) is 185 Å². The van der Waals surface area contributed by atoms with Crippen molar-refractivity contribution in [2.45, 2.75) is 58.6 Å². The van der Waals surface area contributed by atoms with E-state index in [-0.39, 0.29) is 23.0 Å². The first-order valence-electron chi connectivity index (χ1n) is 12.2. The summed E-state index contributed by atoms with van der Waals surface area (Å²) < 4.78 is 0. The second kappa shape index (κ2) is 13.2. The Morgan fingerprint density at radius 2 is 1.51 bits per heavy atom. The van der Waals surface area contributed by atoms with Gasteiger partial charge in [-0.15, -0.1) is 0 Å². The number of carboxylic acid groups (broad SMARTS) is 1. The molecule has 0 spiro atoms. The molecule has 37 heavy (non-hydrogen) atoms.